The molecule has 1 aromatic carbocycles. The normalized spacial score (nSPS) is 22.0. The number of esters is 1. The highest BCUT2D eigenvalue weighted by Crippen LogP contribution is 2.60. The van der Waals surface area contributed by atoms with Crippen LogP contribution >= 0.6 is 11.8 Å². The zero-order chi connectivity index (χ0) is 39.7. The summed E-state index contributed by atoms with van der Waals surface area (Å²) in [5, 5.41) is 122. The van der Waals surface area contributed by atoms with Gasteiger partial charge in [0.15, 0.2) is 18.1 Å². The van der Waals surface area contributed by atoms with E-state index < -0.39 is 52.0 Å². The molecule has 2 aliphatic rings. The summed E-state index contributed by atoms with van der Waals surface area (Å²) in [6.45, 7) is 1.20. The fourth-order valence-electron chi connectivity index (χ4n) is 6.49. The molecule has 0 bridgehead atoms. The quantitative estimate of drug-likeness (QED) is 0.0569. The number of benzene rings is 1. The molecule has 12 N–H and O–H groups in total. The van der Waals surface area contributed by atoms with E-state index in [9.17, 15) is 66.1 Å². The first-order valence-electron chi connectivity index (χ1n) is 16.9. The second-order valence-corrected chi connectivity index (χ2v) is 14.6. The number of aliphatic hydroxyl groups excluding tert-OH is 1. The summed E-state index contributed by atoms with van der Waals surface area (Å²) in [6.07, 6.45) is 6.51. The first kappa shape index (κ1) is 41.3. The van der Waals surface area contributed by atoms with Gasteiger partial charge in [0.05, 0.1) is 11.9 Å². The number of rotatable bonds is 12. The van der Waals surface area contributed by atoms with Crippen LogP contribution in [0.3, 0.4) is 0 Å². The van der Waals surface area contributed by atoms with Crippen molar-refractivity contribution < 1.29 is 75.5 Å². The van der Waals surface area contributed by atoms with E-state index in [4.69, 9.17) is 9.47 Å². The van der Waals surface area contributed by atoms with Crippen molar-refractivity contribution in [2.75, 3.05) is 6.61 Å². The maximum absolute atomic E-state index is 12.2. The number of carbonyl (C=O) groups excluding carboxylic acids is 1. The number of thioether (sulfide) groups is 1. The van der Waals surface area contributed by atoms with Crippen molar-refractivity contribution in [2.45, 2.75) is 98.0 Å². The lowest BCUT2D eigenvalue weighted by atomic mass is 9.79. The number of ether oxygens (including phenoxy) is 2. The third-order valence-electron chi connectivity index (χ3n) is 9.88. The van der Waals surface area contributed by atoms with Crippen LogP contribution in [-0.2, 0) is 16.1 Å². The van der Waals surface area contributed by atoms with Crippen molar-refractivity contribution in [1.82, 2.24) is 14.5 Å². The highest BCUT2D eigenvalue weighted by atomic mass is 32.2. The van der Waals surface area contributed by atoms with Crippen molar-refractivity contribution in [3.63, 3.8) is 0 Å². The lowest BCUT2D eigenvalue weighted by molar-refractivity contribution is -0.452. The lowest BCUT2D eigenvalue weighted by Gasteiger charge is -2.38. The molecule has 19 heteroatoms. The third-order valence-corrected chi connectivity index (χ3v) is 11.2. The Morgan fingerprint density at radius 2 is 1.65 bits per heavy atom. The molecule has 2 fully saturated rings. The summed E-state index contributed by atoms with van der Waals surface area (Å²) in [6, 6.07) is 7.75. The number of nitrogens with zero attached hydrogens (tertiary/aromatic N) is 3. The lowest BCUT2D eigenvalue weighted by Crippen LogP contribution is -2.66. The fourth-order valence-corrected chi connectivity index (χ4v) is 7.77. The number of aliphatic hydroxyl groups is 11. The Kier molecular flexibility index (Phi) is 12.0. The Labute approximate surface area is 312 Å². The van der Waals surface area contributed by atoms with Crippen LogP contribution in [0.25, 0.3) is 5.69 Å². The number of aromatic hydroxyl groups is 1. The number of aryl methyl sites for hydroxylation is 1. The molecule has 54 heavy (non-hydrogen) atoms. The second-order valence-electron chi connectivity index (χ2n) is 13.5. The topological polar surface area (TPSA) is 309 Å². The Morgan fingerprint density at radius 3 is 2.24 bits per heavy atom. The SMILES string of the molecule is Cc1cc(OCc2c(O)nc(SC3(O)C(O)(O)C(O)(O)C(O)(O)C3(O)O)n2-c2cccnc2)ccc1C#CCOC(=O)CCCC1CCC(C(O)O)CC1. The molecule has 0 saturated heterocycles. The predicted octanol–water partition coefficient (Wildman–Crippen LogP) is -1.44. The summed E-state index contributed by atoms with van der Waals surface area (Å²) in [4.78, 5) is 16.0. The van der Waals surface area contributed by atoms with Crippen LogP contribution in [0.15, 0.2) is 47.9 Å². The molecular weight excluding hydrogens is 734 g/mol. The van der Waals surface area contributed by atoms with Crippen LogP contribution in [0.1, 0.15) is 61.8 Å². The average molecular weight is 778 g/mol. The summed E-state index contributed by atoms with van der Waals surface area (Å²) in [5.41, 5.74) is 1.25. The molecule has 2 heterocycles. The minimum atomic E-state index is -4.53. The highest BCUT2D eigenvalue weighted by Gasteiger charge is 2.91. The molecule has 5 rings (SSSR count). The van der Waals surface area contributed by atoms with E-state index in [2.05, 4.69) is 21.8 Å². The van der Waals surface area contributed by atoms with E-state index in [0.717, 1.165) is 36.7 Å². The first-order chi connectivity index (χ1) is 25.2. The molecule has 2 aliphatic carbocycles. The standard InChI is InChI=1S/C35H43N3O15S/c1-20-17-25(14-13-22(20)6-4-16-52-27(39)8-2-5-21-9-11-23(12-10-21)29(41)42)53-19-26-28(40)37-30(38(26)24-7-3-15-36-18-24)54-35(51)33(47,48)31(43,44)32(45,46)34(35,49)50/h3,7,13-15,17-18,21,23,29,40-51H,2,5,8-12,16,19H2,1H3. The molecule has 0 unspecified atom stereocenters. The maximum atomic E-state index is 12.2. The van der Waals surface area contributed by atoms with Gasteiger partial charge in [-0.1, -0.05) is 11.8 Å². The number of pyridine rings is 1. The molecule has 294 valence electrons. The van der Waals surface area contributed by atoms with Gasteiger partial charge in [-0.15, -0.1) is 0 Å². The van der Waals surface area contributed by atoms with E-state index in [1.165, 1.54) is 24.5 Å². The van der Waals surface area contributed by atoms with Gasteiger partial charge in [-0.3, -0.25) is 14.3 Å². The second kappa shape index (κ2) is 15.7. The van der Waals surface area contributed by atoms with Gasteiger partial charge in [0, 0.05) is 24.1 Å². The number of aromatic nitrogens is 3. The van der Waals surface area contributed by atoms with Crippen LogP contribution < -0.4 is 4.74 Å². The van der Waals surface area contributed by atoms with E-state index in [1.807, 2.05) is 0 Å². The van der Waals surface area contributed by atoms with E-state index in [1.54, 1.807) is 25.1 Å². The first-order valence-corrected chi connectivity index (χ1v) is 17.7. The van der Waals surface area contributed by atoms with Crippen molar-refractivity contribution in [1.29, 1.82) is 0 Å². The van der Waals surface area contributed by atoms with E-state index in [-0.39, 0.29) is 53.8 Å². The van der Waals surface area contributed by atoms with Crippen molar-refractivity contribution in [3.05, 3.63) is 59.5 Å². The van der Waals surface area contributed by atoms with Crippen LogP contribution in [0.5, 0.6) is 11.6 Å². The zero-order valence-electron chi connectivity index (χ0n) is 29.0. The predicted molar refractivity (Wildman–Crippen MR) is 183 cm³/mol. The molecule has 2 saturated carbocycles. The minimum absolute atomic E-state index is 0.0789. The third kappa shape index (κ3) is 7.53. The Bertz CT molecular complexity index is 1840. The van der Waals surface area contributed by atoms with Gasteiger partial charge in [-0.05, 0) is 99.0 Å². The summed E-state index contributed by atoms with van der Waals surface area (Å²) < 4.78 is 12.2. The van der Waals surface area contributed by atoms with E-state index >= 15 is 0 Å². The molecule has 18 nitrogen and oxygen atoms in total. The van der Waals surface area contributed by atoms with Gasteiger partial charge in [0.2, 0.25) is 10.8 Å². The van der Waals surface area contributed by atoms with Gasteiger partial charge >= 0.3 is 5.97 Å². The van der Waals surface area contributed by atoms with Crippen molar-refractivity contribution in [3.8, 4) is 29.2 Å². The largest absolute Gasteiger partial charge is 0.492 e. The van der Waals surface area contributed by atoms with Crippen LogP contribution in [0.2, 0.25) is 0 Å². The van der Waals surface area contributed by atoms with Gasteiger partial charge in [-0.25, -0.2) is 0 Å². The van der Waals surface area contributed by atoms with Gasteiger partial charge in [-0.2, -0.15) is 4.98 Å². The van der Waals surface area contributed by atoms with Crippen molar-refractivity contribution >= 4 is 17.7 Å². The zero-order valence-corrected chi connectivity index (χ0v) is 29.8. The number of hydrogen-bond acceptors (Lipinski definition) is 18. The number of hydrogen-bond donors (Lipinski definition) is 12. The van der Waals surface area contributed by atoms with Crippen LogP contribution in [-0.4, -0.2) is 123 Å². The molecule has 0 aliphatic heterocycles. The Hall–Kier alpha value is -3.88. The van der Waals surface area contributed by atoms with E-state index in [0.29, 0.717) is 23.5 Å². The summed E-state index contributed by atoms with van der Waals surface area (Å²) in [5.74, 6) is -12.6. The monoisotopic (exact) mass is 777 g/mol. The molecule has 0 amide bonds. The fraction of sp³-hybridized carbons (Fsp3) is 0.514. The van der Waals surface area contributed by atoms with Gasteiger partial charge in [0.25, 0.3) is 23.1 Å². The molecular formula is C35H43N3O15S. The average Bonchev–Trinajstić information content (AvgIpc) is 3.45. The van der Waals surface area contributed by atoms with Gasteiger partial charge in [0.1, 0.15) is 18.1 Å². The number of carbonyl (C=O) groups is 1. The summed E-state index contributed by atoms with van der Waals surface area (Å²) >= 11 is -0.361. The maximum Gasteiger partial charge on any atom is 0.306 e. The van der Waals surface area contributed by atoms with Crippen molar-refractivity contribution in [2.24, 2.45) is 11.8 Å². The molecule has 3 aromatic rings. The molecule has 2 aromatic heterocycles. The Morgan fingerprint density at radius 1 is 0.981 bits per heavy atom. The van der Waals surface area contributed by atoms with Crippen LogP contribution in [0.4, 0.5) is 0 Å². The summed E-state index contributed by atoms with van der Waals surface area (Å²) in [7, 11) is 0. The van der Waals surface area contributed by atoms with Crippen LogP contribution in [0, 0.1) is 30.6 Å². The smallest absolute Gasteiger partial charge is 0.306 e. The highest BCUT2D eigenvalue weighted by molar-refractivity contribution is 8.00. The molecule has 0 spiro atoms. The molecule has 0 atom stereocenters. The number of imidazole rings is 1. The van der Waals surface area contributed by atoms with Gasteiger partial charge < -0.3 is 70.8 Å². The Balaban J connectivity index is 1.23. The minimum Gasteiger partial charge on any atom is -0.492 e. The molecule has 0 radical (unpaired) electrons.